The molecule has 0 spiro atoms. The minimum atomic E-state index is -0.567. The number of nitrogens with zero attached hydrogens (tertiary/aromatic N) is 5. The number of benzene rings is 2. The number of nitrogens with one attached hydrogen (secondary N) is 1. The zero-order valence-electron chi connectivity index (χ0n) is 19.6. The number of aryl methyl sites for hydroxylation is 1. The number of aromatic nitrogens is 3. The second-order valence-corrected chi connectivity index (χ2v) is 9.58. The van der Waals surface area contributed by atoms with Gasteiger partial charge in [0.2, 0.25) is 0 Å². The first-order valence-corrected chi connectivity index (χ1v) is 12.0. The van der Waals surface area contributed by atoms with E-state index in [1.54, 1.807) is 12.1 Å². The SMILES string of the molecule is COc1cccc(F)c1-c1nccc(C(=O)Nc2cc(C#N)c3sc(C)nc3c2N2CC[C@H](N)C2)n1. The second kappa shape index (κ2) is 9.49. The minimum Gasteiger partial charge on any atom is -0.496 e. The lowest BCUT2D eigenvalue weighted by atomic mass is 10.1. The molecular formula is C25H22FN7O2S. The van der Waals surface area contributed by atoms with Crippen LogP contribution in [-0.2, 0) is 0 Å². The maximum absolute atomic E-state index is 14.6. The maximum Gasteiger partial charge on any atom is 0.274 e. The van der Waals surface area contributed by atoms with Crippen molar-refractivity contribution in [2.24, 2.45) is 5.73 Å². The van der Waals surface area contributed by atoms with E-state index in [2.05, 4.69) is 31.2 Å². The Morgan fingerprint density at radius 1 is 1.36 bits per heavy atom. The van der Waals surface area contributed by atoms with Gasteiger partial charge in [0.15, 0.2) is 5.82 Å². The average molecular weight is 504 g/mol. The average Bonchev–Trinajstić information content (AvgIpc) is 3.48. The fraction of sp³-hybridized carbons (Fsp3) is 0.240. The van der Waals surface area contributed by atoms with E-state index in [9.17, 15) is 14.4 Å². The molecule has 0 aliphatic carbocycles. The van der Waals surface area contributed by atoms with Crippen LogP contribution in [0.2, 0.25) is 0 Å². The van der Waals surface area contributed by atoms with Crippen LogP contribution in [0.15, 0.2) is 36.5 Å². The number of hydrogen-bond acceptors (Lipinski definition) is 9. The summed E-state index contributed by atoms with van der Waals surface area (Å²) in [6.45, 7) is 3.18. The Hall–Kier alpha value is -4.14. The Balaban J connectivity index is 1.57. The Kier molecular flexibility index (Phi) is 6.22. The predicted molar refractivity (Wildman–Crippen MR) is 136 cm³/mol. The maximum atomic E-state index is 14.6. The van der Waals surface area contributed by atoms with Crippen molar-refractivity contribution >= 4 is 38.8 Å². The van der Waals surface area contributed by atoms with Crippen LogP contribution in [0.25, 0.3) is 21.6 Å². The summed E-state index contributed by atoms with van der Waals surface area (Å²) in [4.78, 5) is 28.5. The van der Waals surface area contributed by atoms with Crippen molar-refractivity contribution in [3.63, 3.8) is 0 Å². The number of carbonyl (C=O) groups excluding carboxylic acids is 1. The number of thiazole rings is 1. The van der Waals surface area contributed by atoms with Crippen molar-refractivity contribution in [3.8, 4) is 23.2 Å². The largest absolute Gasteiger partial charge is 0.496 e. The third kappa shape index (κ3) is 4.21. The zero-order chi connectivity index (χ0) is 25.4. The fourth-order valence-corrected chi connectivity index (χ4v) is 5.23. The topological polar surface area (TPSA) is 130 Å². The van der Waals surface area contributed by atoms with Gasteiger partial charge in [0.05, 0.1) is 39.3 Å². The summed E-state index contributed by atoms with van der Waals surface area (Å²) in [5, 5.41) is 13.5. The zero-order valence-corrected chi connectivity index (χ0v) is 20.4. The van der Waals surface area contributed by atoms with Gasteiger partial charge < -0.3 is 20.7 Å². The van der Waals surface area contributed by atoms with Gasteiger partial charge in [0.25, 0.3) is 5.91 Å². The second-order valence-electron chi connectivity index (χ2n) is 8.37. The van der Waals surface area contributed by atoms with E-state index in [4.69, 9.17) is 10.5 Å². The van der Waals surface area contributed by atoms with Crippen molar-refractivity contribution in [2.45, 2.75) is 19.4 Å². The molecule has 2 aromatic heterocycles. The highest BCUT2D eigenvalue weighted by Gasteiger charge is 2.27. The Morgan fingerprint density at radius 3 is 2.92 bits per heavy atom. The third-order valence-corrected chi connectivity index (χ3v) is 6.97. The first kappa shape index (κ1) is 23.6. The molecule has 4 aromatic rings. The molecule has 1 atom stereocenters. The highest BCUT2D eigenvalue weighted by Crippen LogP contribution is 2.40. The molecule has 9 nitrogen and oxygen atoms in total. The summed E-state index contributed by atoms with van der Waals surface area (Å²) in [5.74, 6) is -0.827. The molecule has 0 radical (unpaired) electrons. The lowest BCUT2D eigenvalue weighted by Gasteiger charge is -2.23. The number of anilines is 2. The molecule has 1 saturated heterocycles. The molecule has 182 valence electrons. The number of nitriles is 1. The summed E-state index contributed by atoms with van der Waals surface area (Å²) in [5.41, 5.74) is 8.48. The monoisotopic (exact) mass is 503 g/mol. The van der Waals surface area contributed by atoms with Gasteiger partial charge in [-0.2, -0.15) is 5.26 Å². The number of hydrogen-bond donors (Lipinski definition) is 2. The number of methoxy groups -OCH3 is 1. The summed E-state index contributed by atoms with van der Waals surface area (Å²) in [7, 11) is 1.42. The summed E-state index contributed by atoms with van der Waals surface area (Å²) in [6, 6.07) is 9.68. The summed E-state index contributed by atoms with van der Waals surface area (Å²) in [6.07, 6.45) is 2.19. The summed E-state index contributed by atoms with van der Waals surface area (Å²) < 4.78 is 20.6. The standard InChI is InChI=1S/C25H22FN7O2S/c1-13-30-21-22(33-9-7-15(28)12-33)18(10-14(11-27)23(21)36-13)32-25(34)17-6-8-29-24(31-17)20-16(26)4-3-5-19(20)35-2/h3-6,8,10,15H,7,9,12,28H2,1-2H3,(H,32,34)/t15-/m0/s1. The predicted octanol–water partition coefficient (Wildman–Crippen LogP) is 3.87. The van der Waals surface area contributed by atoms with E-state index in [0.717, 1.165) is 21.8 Å². The number of fused-ring (bicyclic) bond motifs is 1. The molecule has 1 fully saturated rings. The van der Waals surface area contributed by atoms with Crippen molar-refractivity contribution in [1.82, 2.24) is 15.0 Å². The van der Waals surface area contributed by atoms with Crippen molar-refractivity contribution < 1.29 is 13.9 Å². The van der Waals surface area contributed by atoms with Crippen molar-refractivity contribution in [2.75, 3.05) is 30.4 Å². The van der Waals surface area contributed by atoms with Crippen molar-refractivity contribution in [1.29, 1.82) is 5.26 Å². The van der Waals surface area contributed by atoms with Crippen LogP contribution in [0.3, 0.4) is 0 Å². The lowest BCUT2D eigenvalue weighted by molar-refractivity contribution is 0.102. The van der Waals surface area contributed by atoms with Crippen molar-refractivity contribution in [3.05, 3.63) is 58.6 Å². The van der Waals surface area contributed by atoms with Crippen LogP contribution in [0, 0.1) is 24.1 Å². The minimum absolute atomic E-state index is 0.000788. The highest BCUT2D eigenvalue weighted by molar-refractivity contribution is 7.18. The molecule has 0 bridgehead atoms. The Bertz CT molecular complexity index is 1530. The molecular weight excluding hydrogens is 481 g/mol. The van der Waals surface area contributed by atoms with E-state index >= 15 is 0 Å². The molecule has 0 unspecified atom stereocenters. The van der Waals surface area contributed by atoms with Crippen LogP contribution in [-0.4, -0.2) is 47.1 Å². The normalized spacial score (nSPS) is 15.2. The molecule has 1 aliphatic rings. The van der Waals surface area contributed by atoms with Gasteiger partial charge in [-0.25, -0.2) is 19.3 Å². The first-order chi connectivity index (χ1) is 17.4. The first-order valence-electron chi connectivity index (χ1n) is 11.2. The van der Waals surface area contributed by atoms with Gasteiger partial charge in [-0.05, 0) is 37.6 Å². The summed E-state index contributed by atoms with van der Waals surface area (Å²) >= 11 is 1.43. The van der Waals surface area contributed by atoms with E-state index in [0.29, 0.717) is 29.9 Å². The van der Waals surface area contributed by atoms with E-state index < -0.39 is 11.7 Å². The van der Waals surface area contributed by atoms with Crippen LogP contribution >= 0.6 is 11.3 Å². The van der Waals surface area contributed by atoms with Gasteiger partial charge in [-0.3, -0.25) is 4.79 Å². The molecule has 0 saturated carbocycles. The third-order valence-electron chi connectivity index (χ3n) is 5.96. The molecule has 36 heavy (non-hydrogen) atoms. The van der Waals surface area contributed by atoms with Crippen LogP contribution in [0.1, 0.15) is 27.5 Å². The lowest BCUT2D eigenvalue weighted by Crippen LogP contribution is -2.27. The van der Waals surface area contributed by atoms with Gasteiger partial charge in [-0.1, -0.05) is 6.07 Å². The molecule has 5 rings (SSSR count). The Morgan fingerprint density at radius 2 is 2.19 bits per heavy atom. The van der Waals surface area contributed by atoms with Crippen LogP contribution < -0.4 is 20.7 Å². The van der Waals surface area contributed by atoms with Crippen LogP contribution in [0.5, 0.6) is 5.75 Å². The smallest absolute Gasteiger partial charge is 0.274 e. The van der Waals surface area contributed by atoms with Gasteiger partial charge >= 0.3 is 0 Å². The molecule has 3 N–H and O–H groups in total. The fourth-order valence-electron chi connectivity index (χ4n) is 4.35. The number of ether oxygens (including phenoxy) is 1. The molecule has 11 heteroatoms. The Labute approximate surface area is 210 Å². The van der Waals surface area contributed by atoms with E-state index in [-0.39, 0.29) is 28.9 Å². The van der Waals surface area contributed by atoms with E-state index in [1.165, 1.54) is 42.8 Å². The van der Waals surface area contributed by atoms with E-state index in [1.807, 2.05) is 6.92 Å². The molecule has 1 amide bonds. The van der Waals surface area contributed by atoms with Gasteiger partial charge in [0.1, 0.15) is 28.8 Å². The molecule has 1 aliphatic heterocycles. The number of amides is 1. The highest BCUT2D eigenvalue weighted by atomic mass is 32.1. The van der Waals surface area contributed by atoms with Crippen LogP contribution in [0.4, 0.5) is 15.8 Å². The molecule has 3 heterocycles. The number of nitrogens with two attached hydrogens (primary N) is 1. The quantitative estimate of drug-likeness (QED) is 0.420. The number of rotatable bonds is 5. The number of carbonyl (C=O) groups is 1. The molecule has 2 aromatic carbocycles. The van der Waals surface area contributed by atoms with Gasteiger partial charge in [0, 0.05) is 25.3 Å². The van der Waals surface area contributed by atoms with Gasteiger partial charge in [-0.15, -0.1) is 11.3 Å². The number of halogens is 1.